The van der Waals surface area contributed by atoms with Crippen molar-refractivity contribution in [2.75, 3.05) is 5.75 Å². The summed E-state index contributed by atoms with van der Waals surface area (Å²) in [6, 6.07) is 13.7. The number of hydrogen-bond acceptors (Lipinski definition) is 0. The molecule has 0 aromatic heterocycles. The van der Waals surface area contributed by atoms with Gasteiger partial charge in [0.05, 0.1) is 5.56 Å². The summed E-state index contributed by atoms with van der Waals surface area (Å²) in [7, 11) is -0.0994. The summed E-state index contributed by atoms with van der Waals surface area (Å²) in [5.74, 6) is 5.22. The lowest BCUT2D eigenvalue weighted by Crippen LogP contribution is -2.12. The van der Waals surface area contributed by atoms with Crippen LogP contribution in [0.2, 0.25) is 0 Å². The molecule has 4 heteroatoms. The Kier molecular flexibility index (Phi) is 3.66. The Bertz CT molecular complexity index is 671. The minimum atomic E-state index is -4.28. The Morgan fingerprint density at radius 2 is 1.67 bits per heavy atom. The lowest BCUT2D eigenvalue weighted by molar-refractivity contribution is -0.137. The third-order valence-electron chi connectivity index (χ3n) is 3.85. The van der Waals surface area contributed by atoms with E-state index in [9.17, 15) is 13.2 Å². The molecule has 1 heterocycles. The highest BCUT2D eigenvalue weighted by molar-refractivity contribution is 8.14. The average Bonchev–Trinajstić information content (AvgIpc) is 2.46. The average molecular weight is 308 g/mol. The van der Waals surface area contributed by atoms with Crippen LogP contribution in [0, 0.1) is 0 Å². The molecule has 0 N–H and O–H groups in total. The molecule has 2 atom stereocenters. The molecular formula is C17H15F3S. The third-order valence-corrected chi connectivity index (χ3v) is 5.77. The lowest BCUT2D eigenvalue weighted by Gasteiger charge is -2.29. The summed E-state index contributed by atoms with van der Waals surface area (Å²) < 4.78 is 38.0. The van der Waals surface area contributed by atoms with Gasteiger partial charge in [0, 0.05) is 5.25 Å². The second-order valence-corrected chi connectivity index (χ2v) is 7.14. The van der Waals surface area contributed by atoms with Crippen LogP contribution in [0.3, 0.4) is 0 Å². The summed E-state index contributed by atoms with van der Waals surface area (Å²) in [5, 5.41) is 0.109. The number of benzene rings is 2. The fourth-order valence-electron chi connectivity index (χ4n) is 2.78. The first kappa shape index (κ1) is 14.4. The van der Waals surface area contributed by atoms with Crippen molar-refractivity contribution in [3.05, 3.63) is 70.8 Å². The quantitative estimate of drug-likeness (QED) is 0.647. The van der Waals surface area contributed by atoms with Crippen LogP contribution < -0.4 is 0 Å². The number of hydrogen-bond donors (Lipinski definition) is 0. The van der Waals surface area contributed by atoms with Crippen molar-refractivity contribution in [2.45, 2.75) is 17.8 Å². The second kappa shape index (κ2) is 5.34. The number of rotatable bonds is 1. The lowest BCUT2D eigenvalue weighted by atomic mass is 9.96. The Morgan fingerprint density at radius 1 is 1.00 bits per heavy atom. The predicted molar refractivity (Wildman–Crippen MR) is 83.0 cm³/mol. The normalized spacial score (nSPS) is 21.9. The van der Waals surface area contributed by atoms with Crippen molar-refractivity contribution in [3.8, 4) is 0 Å². The van der Waals surface area contributed by atoms with Crippen LogP contribution in [0.1, 0.15) is 27.5 Å². The third kappa shape index (κ3) is 2.77. The molecule has 0 radical (unpaired) electrons. The Morgan fingerprint density at radius 3 is 2.33 bits per heavy atom. The van der Waals surface area contributed by atoms with E-state index in [4.69, 9.17) is 0 Å². The summed E-state index contributed by atoms with van der Waals surface area (Å²) in [5.41, 5.74) is 2.82. The minimum absolute atomic E-state index is 0.0994. The van der Waals surface area contributed by atoms with Gasteiger partial charge in [-0.3, -0.25) is 0 Å². The van der Waals surface area contributed by atoms with Crippen LogP contribution in [0.25, 0.3) is 0 Å². The molecule has 2 aromatic rings. The maximum atomic E-state index is 12.7. The molecule has 0 saturated heterocycles. The topological polar surface area (TPSA) is 0 Å². The summed E-state index contributed by atoms with van der Waals surface area (Å²) in [6.07, 6.45) is -3.28. The van der Waals surface area contributed by atoms with Gasteiger partial charge in [0.25, 0.3) is 0 Å². The Balaban J connectivity index is 2.02. The number of fused-ring (bicyclic) bond motifs is 1. The molecule has 3 rings (SSSR count). The maximum Gasteiger partial charge on any atom is 0.416 e. The van der Waals surface area contributed by atoms with E-state index in [1.165, 1.54) is 23.3 Å². The van der Waals surface area contributed by atoms with E-state index in [1.54, 1.807) is 12.1 Å². The summed E-state index contributed by atoms with van der Waals surface area (Å²) in [6.45, 7) is 0. The largest absolute Gasteiger partial charge is 0.416 e. The smallest absolute Gasteiger partial charge is 0.181 e. The Labute approximate surface area is 124 Å². The van der Waals surface area contributed by atoms with E-state index >= 15 is 0 Å². The molecule has 1 unspecified atom stereocenters. The van der Waals surface area contributed by atoms with E-state index in [0.717, 1.165) is 17.7 Å². The van der Waals surface area contributed by atoms with Gasteiger partial charge >= 0.3 is 6.18 Å². The standard InChI is InChI=1S/C17H15F3S/c1-21-11-10-12-4-2-3-5-15(12)16(21)13-6-8-14(9-7-13)17(18,19)20/h2-9,16H,1,10-11H2/t16-,21?/m0/s1. The van der Waals surface area contributed by atoms with Gasteiger partial charge in [-0.2, -0.15) is 23.7 Å². The fourth-order valence-corrected chi connectivity index (χ4v) is 4.62. The van der Waals surface area contributed by atoms with E-state index in [2.05, 4.69) is 18.0 Å². The van der Waals surface area contributed by atoms with Crippen LogP contribution in [0.15, 0.2) is 48.5 Å². The maximum absolute atomic E-state index is 12.7. The van der Waals surface area contributed by atoms with E-state index < -0.39 is 11.7 Å². The van der Waals surface area contributed by atoms with Gasteiger partial charge in [-0.15, -0.1) is 0 Å². The van der Waals surface area contributed by atoms with Gasteiger partial charge in [0.15, 0.2) is 0 Å². The van der Waals surface area contributed by atoms with E-state index in [-0.39, 0.29) is 15.7 Å². The second-order valence-electron chi connectivity index (χ2n) is 5.19. The van der Waals surface area contributed by atoms with Gasteiger partial charge in [0.1, 0.15) is 0 Å². The molecule has 0 spiro atoms. The van der Waals surface area contributed by atoms with Gasteiger partial charge < -0.3 is 0 Å². The van der Waals surface area contributed by atoms with Crippen molar-refractivity contribution in [2.24, 2.45) is 0 Å². The Hall–Kier alpha value is -1.55. The SMILES string of the molecule is C=S1CCc2ccccc2[C@@H]1c1ccc(C(F)(F)F)cc1. The van der Waals surface area contributed by atoms with Gasteiger partial charge in [-0.1, -0.05) is 42.3 Å². The molecule has 21 heavy (non-hydrogen) atoms. The highest BCUT2D eigenvalue weighted by atomic mass is 32.2. The molecule has 1 aliphatic rings. The number of halogens is 3. The van der Waals surface area contributed by atoms with E-state index in [1.807, 2.05) is 12.1 Å². The molecule has 0 aliphatic carbocycles. The summed E-state index contributed by atoms with van der Waals surface area (Å²) >= 11 is 0. The fraction of sp³-hybridized carbons (Fsp3) is 0.235. The molecule has 2 aromatic carbocycles. The van der Waals surface area contributed by atoms with Crippen LogP contribution in [0.4, 0.5) is 13.2 Å². The molecule has 0 fully saturated rings. The van der Waals surface area contributed by atoms with Crippen molar-refractivity contribution >= 4 is 16.4 Å². The molecule has 110 valence electrons. The molecule has 1 aliphatic heterocycles. The van der Waals surface area contributed by atoms with Crippen molar-refractivity contribution < 1.29 is 13.2 Å². The predicted octanol–water partition coefficient (Wildman–Crippen LogP) is 5.05. The van der Waals surface area contributed by atoms with Crippen LogP contribution in [-0.4, -0.2) is 11.6 Å². The number of aryl methyl sites for hydroxylation is 1. The van der Waals surface area contributed by atoms with Crippen molar-refractivity contribution in [1.82, 2.24) is 0 Å². The first-order valence-electron chi connectivity index (χ1n) is 6.71. The zero-order valence-corrected chi connectivity index (χ0v) is 12.2. The first-order chi connectivity index (χ1) is 9.97. The molecule has 0 amide bonds. The number of alkyl halides is 3. The minimum Gasteiger partial charge on any atom is -0.181 e. The van der Waals surface area contributed by atoms with Crippen LogP contribution >= 0.6 is 10.5 Å². The van der Waals surface area contributed by atoms with Crippen molar-refractivity contribution in [1.29, 1.82) is 0 Å². The van der Waals surface area contributed by atoms with Crippen molar-refractivity contribution in [3.63, 3.8) is 0 Å². The first-order valence-corrected chi connectivity index (χ1v) is 8.34. The van der Waals surface area contributed by atoms with Gasteiger partial charge in [-0.05, 0) is 41.0 Å². The molecule has 0 nitrogen and oxygen atoms in total. The highest BCUT2D eigenvalue weighted by Gasteiger charge is 2.31. The molecular weight excluding hydrogens is 293 g/mol. The summed E-state index contributed by atoms with van der Waals surface area (Å²) in [4.78, 5) is 0. The van der Waals surface area contributed by atoms with E-state index in [0.29, 0.717) is 0 Å². The van der Waals surface area contributed by atoms with Crippen LogP contribution in [-0.2, 0) is 12.6 Å². The zero-order valence-electron chi connectivity index (χ0n) is 11.4. The molecule has 0 bridgehead atoms. The van der Waals surface area contributed by atoms with Crippen LogP contribution in [0.5, 0.6) is 0 Å². The monoisotopic (exact) mass is 308 g/mol. The molecule has 0 saturated carbocycles. The highest BCUT2D eigenvalue weighted by Crippen LogP contribution is 2.45. The van der Waals surface area contributed by atoms with Gasteiger partial charge in [0.2, 0.25) is 0 Å². The zero-order chi connectivity index (χ0) is 15.0. The van der Waals surface area contributed by atoms with Gasteiger partial charge in [-0.25, -0.2) is 0 Å².